The molecule has 7 heteroatoms. The predicted molar refractivity (Wildman–Crippen MR) is 92.8 cm³/mol. The molecule has 0 bridgehead atoms. The molecule has 0 saturated carbocycles. The Balaban J connectivity index is 1.91. The number of benzene rings is 2. The Labute approximate surface area is 141 Å². The number of amides is 3. The Morgan fingerprint density at radius 3 is 2.65 bits per heavy atom. The Bertz CT molecular complexity index is 894. The molecule has 0 radical (unpaired) electrons. The number of anilines is 1. The third-order valence-electron chi connectivity index (χ3n) is 3.23. The monoisotopic (exact) mass is 345 g/mol. The van der Waals surface area contributed by atoms with Crippen LogP contribution in [0.15, 0.2) is 53.9 Å². The van der Waals surface area contributed by atoms with Gasteiger partial charge in [0.15, 0.2) is 0 Å². The Kier molecular flexibility index (Phi) is 4.18. The van der Waals surface area contributed by atoms with Crippen LogP contribution in [0.4, 0.5) is 10.5 Å². The molecule has 0 saturated heterocycles. The summed E-state index contributed by atoms with van der Waals surface area (Å²) in [6, 6.07) is 13.2. The van der Waals surface area contributed by atoms with E-state index in [-0.39, 0.29) is 0 Å². The van der Waals surface area contributed by atoms with Gasteiger partial charge in [-0.1, -0.05) is 35.9 Å². The zero-order valence-electron chi connectivity index (χ0n) is 11.8. The maximum absolute atomic E-state index is 12.5. The summed E-state index contributed by atoms with van der Waals surface area (Å²) in [7, 11) is 0. The molecule has 3 rings (SSSR count). The average molecular weight is 346 g/mol. The van der Waals surface area contributed by atoms with Crippen LogP contribution < -0.4 is 16.2 Å². The van der Waals surface area contributed by atoms with Gasteiger partial charge in [-0.15, -0.1) is 11.3 Å². The molecule has 0 atom stereocenters. The highest BCUT2D eigenvalue weighted by Gasteiger charge is 2.19. The maximum atomic E-state index is 12.5. The molecule has 116 valence electrons. The molecule has 0 unspecified atom stereocenters. The molecule has 0 spiro atoms. The summed E-state index contributed by atoms with van der Waals surface area (Å²) < 4.78 is 0.992. The summed E-state index contributed by atoms with van der Waals surface area (Å²) >= 11 is 7.38. The minimum atomic E-state index is -0.805. The van der Waals surface area contributed by atoms with Gasteiger partial charge < -0.3 is 5.73 Å². The number of primary amides is 1. The van der Waals surface area contributed by atoms with Crippen molar-refractivity contribution in [2.75, 3.05) is 5.01 Å². The fraction of sp³-hybridized carbons (Fsp3) is 0. The quantitative estimate of drug-likeness (QED) is 0.693. The number of urea groups is 1. The summed E-state index contributed by atoms with van der Waals surface area (Å²) in [5.74, 6) is -0.416. The summed E-state index contributed by atoms with van der Waals surface area (Å²) in [5, 5.41) is 3.98. The van der Waals surface area contributed by atoms with Crippen LogP contribution in [0.2, 0.25) is 5.02 Å². The SMILES string of the molecule is NC(=O)N(NC(=O)c1csc2ccccc12)c1cccc(Cl)c1. The third kappa shape index (κ3) is 3.13. The van der Waals surface area contributed by atoms with E-state index < -0.39 is 11.9 Å². The van der Waals surface area contributed by atoms with E-state index in [0.717, 1.165) is 15.1 Å². The highest BCUT2D eigenvalue weighted by molar-refractivity contribution is 7.17. The third-order valence-corrected chi connectivity index (χ3v) is 4.42. The van der Waals surface area contributed by atoms with Crippen LogP contribution in [0.1, 0.15) is 10.4 Å². The molecule has 1 aromatic heterocycles. The fourth-order valence-corrected chi connectivity index (χ4v) is 3.30. The summed E-state index contributed by atoms with van der Waals surface area (Å²) in [6.45, 7) is 0. The molecule has 0 aliphatic rings. The van der Waals surface area contributed by atoms with Crippen molar-refractivity contribution in [3.63, 3.8) is 0 Å². The van der Waals surface area contributed by atoms with Gasteiger partial charge in [-0.05, 0) is 24.3 Å². The van der Waals surface area contributed by atoms with Gasteiger partial charge >= 0.3 is 6.03 Å². The van der Waals surface area contributed by atoms with Crippen LogP contribution in [-0.2, 0) is 0 Å². The first-order valence-electron chi connectivity index (χ1n) is 6.68. The highest BCUT2D eigenvalue weighted by atomic mass is 35.5. The topological polar surface area (TPSA) is 75.4 Å². The molecule has 0 fully saturated rings. The van der Waals surface area contributed by atoms with Gasteiger partial charge in [0.05, 0.1) is 11.3 Å². The highest BCUT2D eigenvalue weighted by Crippen LogP contribution is 2.26. The maximum Gasteiger partial charge on any atom is 0.338 e. The summed E-state index contributed by atoms with van der Waals surface area (Å²) in [4.78, 5) is 24.2. The zero-order valence-corrected chi connectivity index (χ0v) is 13.4. The standard InChI is InChI=1S/C16H12ClN3O2S/c17-10-4-3-5-11(8-10)20(16(18)22)19-15(21)13-9-23-14-7-2-1-6-12(13)14/h1-9H,(H2,18,22)(H,19,21). The predicted octanol–water partition coefficient (Wildman–Crippen LogP) is 3.78. The second kappa shape index (κ2) is 6.28. The van der Waals surface area contributed by atoms with Gasteiger partial charge in [0.25, 0.3) is 5.91 Å². The van der Waals surface area contributed by atoms with Crippen LogP contribution >= 0.6 is 22.9 Å². The van der Waals surface area contributed by atoms with Crippen LogP contribution in [0.25, 0.3) is 10.1 Å². The van der Waals surface area contributed by atoms with Gasteiger partial charge in [-0.2, -0.15) is 0 Å². The number of carbonyl (C=O) groups excluding carboxylic acids is 2. The fourth-order valence-electron chi connectivity index (χ4n) is 2.18. The van der Waals surface area contributed by atoms with E-state index in [1.54, 1.807) is 29.6 Å². The van der Waals surface area contributed by atoms with Crippen molar-refractivity contribution >= 4 is 50.6 Å². The van der Waals surface area contributed by atoms with Crippen LogP contribution in [-0.4, -0.2) is 11.9 Å². The number of nitrogens with zero attached hydrogens (tertiary/aromatic N) is 1. The summed E-state index contributed by atoms with van der Waals surface area (Å²) in [6.07, 6.45) is 0. The van der Waals surface area contributed by atoms with Crippen molar-refractivity contribution in [3.05, 3.63) is 64.5 Å². The molecule has 3 amide bonds. The van der Waals surface area contributed by atoms with E-state index >= 15 is 0 Å². The first-order valence-corrected chi connectivity index (χ1v) is 7.94. The van der Waals surface area contributed by atoms with E-state index in [9.17, 15) is 9.59 Å². The van der Waals surface area contributed by atoms with Gasteiger partial charge in [-0.3, -0.25) is 10.2 Å². The zero-order chi connectivity index (χ0) is 16.4. The van der Waals surface area contributed by atoms with Crippen molar-refractivity contribution < 1.29 is 9.59 Å². The first-order chi connectivity index (χ1) is 11.1. The number of hydrogen-bond acceptors (Lipinski definition) is 3. The van der Waals surface area contributed by atoms with E-state index in [1.165, 1.54) is 11.3 Å². The number of rotatable bonds is 2. The van der Waals surface area contributed by atoms with Gasteiger partial charge in [0.2, 0.25) is 0 Å². The number of nitrogens with two attached hydrogens (primary N) is 1. The van der Waals surface area contributed by atoms with Crippen molar-refractivity contribution in [2.45, 2.75) is 0 Å². The van der Waals surface area contributed by atoms with Crippen molar-refractivity contribution in [2.24, 2.45) is 5.73 Å². The van der Waals surface area contributed by atoms with Crippen molar-refractivity contribution in [3.8, 4) is 0 Å². The Morgan fingerprint density at radius 1 is 1.13 bits per heavy atom. The number of carbonyl (C=O) groups is 2. The van der Waals surface area contributed by atoms with E-state index in [1.807, 2.05) is 24.3 Å². The minimum absolute atomic E-state index is 0.387. The number of hydrogen-bond donors (Lipinski definition) is 2. The van der Waals surface area contributed by atoms with E-state index in [2.05, 4.69) is 5.43 Å². The molecular weight excluding hydrogens is 334 g/mol. The summed E-state index contributed by atoms with van der Waals surface area (Å²) in [5.41, 5.74) is 8.76. The number of nitrogens with one attached hydrogen (secondary N) is 1. The minimum Gasteiger partial charge on any atom is -0.350 e. The van der Waals surface area contributed by atoms with Crippen molar-refractivity contribution in [1.29, 1.82) is 0 Å². The molecule has 3 N–H and O–H groups in total. The molecule has 0 aliphatic carbocycles. The lowest BCUT2D eigenvalue weighted by Crippen LogP contribution is -2.49. The second-order valence-corrected chi connectivity index (χ2v) is 6.09. The first kappa shape index (κ1) is 15.3. The number of thiophene rings is 1. The Morgan fingerprint density at radius 2 is 1.91 bits per heavy atom. The Hall–Kier alpha value is -2.57. The molecular formula is C16H12ClN3O2S. The van der Waals surface area contributed by atoms with Gasteiger partial charge in [-0.25, -0.2) is 9.80 Å². The molecule has 2 aromatic carbocycles. The molecule has 1 heterocycles. The number of hydrazine groups is 1. The van der Waals surface area contributed by atoms with Crippen molar-refractivity contribution in [1.82, 2.24) is 5.43 Å². The molecule has 5 nitrogen and oxygen atoms in total. The normalized spacial score (nSPS) is 10.5. The number of halogens is 1. The van der Waals surface area contributed by atoms with E-state index in [0.29, 0.717) is 16.3 Å². The van der Waals surface area contributed by atoms with Gasteiger partial charge in [0.1, 0.15) is 0 Å². The van der Waals surface area contributed by atoms with E-state index in [4.69, 9.17) is 17.3 Å². The lowest BCUT2D eigenvalue weighted by atomic mass is 10.2. The van der Waals surface area contributed by atoms with Crippen LogP contribution in [0.5, 0.6) is 0 Å². The lowest BCUT2D eigenvalue weighted by molar-refractivity contribution is 0.0953. The smallest absolute Gasteiger partial charge is 0.338 e. The average Bonchev–Trinajstić information content (AvgIpc) is 2.96. The molecule has 23 heavy (non-hydrogen) atoms. The molecule has 0 aliphatic heterocycles. The lowest BCUT2D eigenvalue weighted by Gasteiger charge is -2.21. The second-order valence-electron chi connectivity index (χ2n) is 4.74. The van der Waals surface area contributed by atoms with Gasteiger partial charge in [0, 0.05) is 20.5 Å². The largest absolute Gasteiger partial charge is 0.350 e. The number of fused-ring (bicyclic) bond motifs is 1. The molecule has 3 aromatic rings. The van der Waals surface area contributed by atoms with Crippen LogP contribution in [0.3, 0.4) is 0 Å². The van der Waals surface area contributed by atoms with Crippen LogP contribution in [0, 0.1) is 0 Å².